The first-order chi connectivity index (χ1) is 16.8. The Hall–Kier alpha value is -2.68. The lowest BCUT2D eigenvalue weighted by Crippen LogP contribution is -1.98. The quantitative estimate of drug-likeness (QED) is 0.0650. The Labute approximate surface area is 204 Å². The molecule has 0 aliphatic heterocycles. The van der Waals surface area contributed by atoms with Gasteiger partial charge >= 0.3 is 0 Å². The van der Waals surface area contributed by atoms with E-state index < -0.39 is 0 Å². The molecule has 0 saturated heterocycles. The van der Waals surface area contributed by atoms with E-state index >= 15 is 0 Å². The first kappa shape index (κ1) is 24.4. The van der Waals surface area contributed by atoms with Crippen molar-refractivity contribution in [2.75, 3.05) is 13.2 Å². The third-order valence-corrected chi connectivity index (χ3v) is 6.64. The summed E-state index contributed by atoms with van der Waals surface area (Å²) in [5, 5.41) is 10.9. The van der Waals surface area contributed by atoms with Crippen LogP contribution in [-0.4, -0.2) is 13.2 Å². The fraction of sp³-hybridized carbons (Fsp3) is 0.375. The van der Waals surface area contributed by atoms with E-state index in [0.717, 1.165) is 26.1 Å². The number of rotatable bonds is 11. The van der Waals surface area contributed by atoms with Crippen LogP contribution in [0.3, 0.4) is 0 Å². The zero-order valence-corrected chi connectivity index (χ0v) is 20.8. The van der Waals surface area contributed by atoms with Crippen LogP contribution in [0.4, 0.5) is 0 Å². The van der Waals surface area contributed by atoms with E-state index in [9.17, 15) is 0 Å². The summed E-state index contributed by atoms with van der Waals surface area (Å²) in [5.41, 5.74) is 0. The predicted octanol–water partition coefficient (Wildman–Crippen LogP) is 9.83. The number of unbranched alkanes of at least 4 members (excludes halogenated alkanes) is 6. The Morgan fingerprint density at radius 1 is 0.441 bits per heavy atom. The van der Waals surface area contributed by atoms with Gasteiger partial charge in [-0.3, -0.25) is 0 Å². The summed E-state index contributed by atoms with van der Waals surface area (Å²) >= 11 is 0. The summed E-state index contributed by atoms with van der Waals surface area (Å²) in [6, 6.07) is 26.4. The van der Waals surface area contributed by atoms with E-state index in [4.69, 9.17) is 9.78 Å². The first-order valence-electron chi connectivity index (χ1n) is 13.1. The normalized spacial score (nSPS) is 11.5. The Balaban J connectivity index is 0.000000175. The van der Waals surface area contributed by atoms with Crippen molar-refractivity contribution in [3.63, 3.8) is 0 Å². The van der Waals surface area contributed by atoms with Crippen molar-refractivity contribution in [3.05, 3.63) is 72.8 Å². The Morgan fingerprint density at radius 2 is 0.794 bits per heavy atom. The van der Waals surface area contributed by atoms with Gasteiger partial charge in [-0.15, -0.1) is 0 Å². The average molecular weight is 455 g/mol. The average Bonchev–Trinajstić information content (AvgIpc) is 2.88. The Morgan fingerprint density at radius 3 is 1.12 bits per heavy atom. The second kappa shape index (κ2) is 12.7. The predicted molar refractivity (Wildman–Crippen MR) is 148 cm³/mol. The van der Waals surface area contributed by atoms with Gasteiger partial charge in [-0.25, -0.2) is 9.78 Å². The number of benzene rings is 5. The molecular formula is C32H38O2. The largest absolute Gasteiger partial charge is 0.237 e. The van der Waals surface area contributed by atoms with Crippen LogP contribution in [0.2, 0.25) is 0 Å². The van der Waals surface area contributed by atoms with Gasteiger partial charge in [0.1, 0.15) is 0 Å². The van der Waals surface area contributed by atoms with E-state index in [1.54, 1.807) is 0 Å². The summed E-state index contributed by atoms with van der Waals surface area (Å²) in [4.78, 5) is 10.1. The van der Waals surface area contributed by atoms with Gasteiger partial charge in [0.05, 0.1) is 13.2 Å². The molecule has 34 heavy (non-hydrogen) atoms. The van der Waals surface area contributed by atoms with Gasteiger partial charge in [0.2, 0.25) is 0 Å². The molecule has 0 aromatic heterocycles. The number of fused-ring (bicyclic) bond motifs is 2. The van der Waals surface area contributed by atoms with Gasteiger partial charge in [-0.2, -0.15) is 0 Å². The lowest BCUT2D eigenvalue weighted by Gasteiger charge is -2.13. The molecule has 0 radical (unpaired) electrons. The zero-order valence-electron chi connectivity index (χ0n) is 20.8. The second-order valence-corrected chi connectivity index (χ2v) is 9.18. The van der Waals surface area contributed by atoms with Crippen molar-refractivity contribution in [1.29, 1.82) is 0 Å². The molecule has 0 atom stereocenters. The third-order valence-electron chi connectivity index (χ3n) is 6.64. The van der Waals surface area contributed by atoms with Crippen LogP contribution in [0.5, 0.6) is 0 Å². The molecule has 0 bridgehead atoms. The van der Waals surface area contributed by atoms with Crippen molar-refractivity contribution in [2.45, 2.75) is 65.2 Å². The Kier molecular flexibility index (Phi) is 9.12. The van der Waals surface area contributed by atoms with Gasteiger partial charge in [-0.05, 0) is 55.9 Å². The molecule has 0 aliphatic carbocycles. The molecule has 0 N–H and O–H groups in total. The van der Waals surface area contributed by atoms with Gasteiger partial charge < -0.3 is 0 Å². The van der Waals surface area contributed by atoms with Gasteiger partial charge in [0, 0.05) is 0 Å². The first-order valence-corrected chi connectivity index (χ1v) is 13.1. The van der Waals surface area contributed by atoms with E-state index in [0.29, 0.717) is 0 Å². The van der Waals surface area contributed by atoms with Crippen LogP contribution in [-0.2, 0) is 9.78 Å². The lowest BCUT2D eigenvalue weighted by atomic mass is 9.90. The molecule has 0 fully saturated rings. The molecule has 2 heteroatoms. The van der Waals surface area contributed by atoms with E-state index in [-0.39, 0.29) is 0 Å². The molecular weight excluding hydrogens is 416 g/mol. The highest BCUT2D eigenvalue weighted by Crippen LogP contribution is 2.39. The summed E-state index contributed by atoms with van der Waals surface area (Å²) in [7, 11) is 0. The van der Waals surface area contributed by atoms with Crippen LogP contribution in [0.15, 0.2) is 72.8 Å². The van der Waals surface area contributed by atoms with Crippen molar-refractivity contribution >= 4 is 43.1 Å². The molecule has 0 spiro atoms. The van der Waals surface area contributed by atoms with Crippen LogP contribution in [0, 0.1) is 0 Å². The molecule has 0 saturated carbocycles. The molecule has 5 rings (SSSR count). The highest BCUT2D eigenvalue weighted by Gasteiger charge is 2.11. The standard InChI is InChI=1S/C20H12.C12H26O2/c1-5-13-6-2-11-17-18-12-4-8-14-7-3-10-16(20(14)18)15(9-1)19(13)17;1-3-5-7-9-11-13-14-12-10-8-6-4-2/h1-12H;3-12H2,1-2H3. The van der Waals surface area contributed by atoms with E-state index in [1.807, 2.05) is 0 Å². The molecule has 178 valence electrons. The van der Waals surface area contributed by atoms with Crippen molar-refractivity contribution in [3.8, 4) is 0 Å². The zero-order chi connectivity index (χ0) is 23.6. The van der Waals surface area contributed by atoms with Gasteiger partial charge in [0.15, 0.2) is 0 Å². The molecule has 0 unspecified atom stereocenters. The van der Waals surface area contributed by atoms with E-state index in [1.165, 1.54) is 81.6 Å². The highest BCUT2D eigenvalue weighted by molar-refractivity contribution is 6.32. The van der Waals surface area contributed by atoms with Crippen LogP contribution in [0.1, 0.15) is 65.2 Å². The van der Waals surface area contributed by atoms with Gasteiger partial charge in [-0.1, -0.05) is 125 Å². The fourth-order valence-electron chi connectivity index (χ4n) is 4.87. The lowest BCUT2D eigenvalue weighted by molar-refractivity contribution is -0.295. The molecule has 5 aromatic carbocycles. The van der Waals surface area contributed by atoms with Gasteiger partial charge in [0.25, 0.3) is 0 Å². The smallest absolute Gasteiger partial charge is 0.0822 e. The minimum Gasteiger partial charge on any atom is -0.237 e. The molecule has 5 aromatic rings. The number of hydrogen-bond donors (Lipinski definition) is 0. The Bertz CT molecular complexity index is 1110. The topological polar surface area (TPSA) is 18.5 Å². The minimum atomic E-state index is 0.758. The van der Waals surface area contributed by atoms with Crippen LogP contribution < -0.4 is 0 Å². The summed E-state index contributed by atoms with van der Waals surface area (Å²) in [5.74, 6) is 0. The molecule has 2 nitrogen and oxygen atoms in total. The fourth-order valence-corrected chi connectivity index (χ4v) is 4.87. The SMILES string of the molecule is CCCCCCOOCCCCCC.c1cc2cccc3c4cccc5cccc(c(c1)c23)c54. The van der Waals surface area contributed by atoms with Crippen molar-refractivity contribution in [2.24, 2.45) is 0 Å². The summed E-state index contributed by atoms with van der Waals surface area (Å²) in [6.07, 6.45) is 9.94. The van der Waals surface area contributed by atoms with Crippen molar-refractivity contribution < 1.29 is 9.78 Å². The molecule has 0 aliphatic rings. The summed E-state index contributed by atoms with van der Waals surface area (Å²) in [6.45, 7) is 5.94. The monoisotopic (exact) mass is 454 g/mol. The minimum absolute atomic E-state index is 0.758. The maximum atomic E-state index is 5.06. The summed E-state index contributed by atoms with van der Waals surface area (Å²) < 4.78 is 0. The molecule has 0 heterocycles. The van der Waals surface area contributed by atoms with Crippen molar-refractivity contribution in [1.82, 2.24) is 0 Å². The third kappa shape index (κ3) is 5.68. The maximum Gasteiger partial charge on any atom is 0.0822 e. The number of hydrogen-bond acceptors (Lipinski definition) is 2. The van der Waals surface area contributed by atoms with Crippen LogP contribution in [0.25, 0.3) is 43.1 Å². The highest BCUT2D eigenvalue weighted by atomic mass is 17.2. The second-order valence-electron chi connectivity index (χ2n) is 9.18. The van der Waals surface area contributed by atoms with E-state index in [2.05, 4.69) is 86.6 Å². The maximum absolute atomic E-state index is 5.06. The van der Waals surface area contributed by atoms with Crippen LogP contribution >= 0.6 is 0 Å². The molecule has 0 amide bonds.